The van der Waals surface area contributed by atoms with E-state index in [1.54, 1.807) is 18.2 Å². The Hall–Kier alpha value is -2.92. The van der Waals surface area contributed by atoms with Crippen LogP contribution in [0.25, 0.3) is 5.69 Å². The standard InChI is InChI=1S/C28H39N5O5S/c1-3-5-20-6-4-7-22(17-20)25-30-26(35)28(31-25)11-13-32(14-12-28)39(37,38)15-10-21-8-9-23(16-19(21)2)33-24(34)18-29-27(33)36/h8-9,16,18,20,22,34H,3-7,10-15,17H2,1-2H3,(H,29,36)(H,30,31,35). The van der Waals surface area contributed by atoms with E-state index in [4.69, 9.17) is 4.99 Å². The third kappa shape index (κ3) is 5.56. The molecule has 1 aromatic heterocycles. The second kappa shape index (κ2) is 10.9. The van der Waals surface area contributed by atoms with E-state index in [-0.39, 0.29) is 30.6 Å². The Labute approximate surface area is 229 Å². The first-order valence-corrected chi connectivity index (χ1v) is 15.7. The van der Waals surface area contributed by atoms with Gasteiger partial charge in [0.25, 0.3) is 5.91 Å². The fourth-order valence-corrected chi connectivity index (χ4v) is 7.97. The molecule has 1 aliphatic carbocycles. The third-order valence-electron chi connectivity index (χ3n) is 8.78. The van der Waals surface area contributed by atoms with Crippen molar-refractivity contribution in [1.82, 2.24) is 19.2 Å². The number of aliphatic imine (C=N–C) groups is 1. The van der Waals surface area contributed by atoms with Crippen molar-refractivity contribution in [2.75, 3.05) is 18.8 Å². The summed E-state index contributed by atoms with van der Waals surface area (Å²) in [5.41, 5.74) is 0.913. The van der Waals surface area contributed by atoms with Gasteiger partial charge in [0.15, 0.2) is 0 Å². The van der Waals surface area contributed by atoms with Crippen molar-refractivity contribution in [3.05, 3.63) is 46.0 Å². The normalized spacial score (nSPS) is 23.6. The summed E-state index contributed by atoms with van der Waals surface area (Å²) in [4.78, 5) is 32.4. The molecule has 1 saturated heterocycles. The van der Waals surface area contributed by atoms with Crippen molar-refractivity contribution in [1.29, 1.82) is 0 Å². The molecule has 2 aliphatic heterocycles. The molecule has 3 aliphatic rings. The van der Waals surface area contributed by atoms with Crippen LogP contribution in [0.15, 0.2) is 34.2 Å². The molecule has 2 fully saturated rings. The van der Waals surface area contributed by atoms with Gasteiger partial charge in [-0.15, -0.1) is 0 Å². The molecule has 1 spiro atoms. The molecule has 1 saturated carbocycles. The number of carbonyl (C=O) groups is 1. The third-order valence-corrected chi connectivity index (χ3v) is 10.7. The Morgan fingerprint density at radius 3 is 2.62 bits per heavy atom. The van der Waals surface area contributed by atoms with Crippen LogP contribution in [-0.2, 0) is 21.2 Å². The second-order valence-electron chi connectivity index (χ2n) is 11.4. The van der Waals surface area contributed by atoms with E-state index in [1.807, 2.05) is 6.92 Å². The van der Waals surface area contributed by atoms with Gasteiger partial charge in [-0.2, -0.15) is 0 Å². The lowest BCUT2D eigenvalue weighted by molar-refractivity contribution is -0.125. The van der Waals surface area contributed by atoms with E-state index in [1.165, 1.54) is 36.2 Å². The minimum atomic E-state index is -3.52. The SMILES string of the molecule is CCCC1CCCC(C2=NC3(CCN(S(=O)(=O)CCc4ccc(-n5c(O)c[nH]c5=O)cc4C)CC3)C(=O)N2)C1. The van der Waals surface area contributed by atoms with E-state index >= 15 is 0 Å². The van der Waals surface area contributed by atoms with Crippen LogP contribution < -0.4 is 11.0 Å². The molecule has 0 radical (unpaired) electrons. The quantitative estimate of drug-likeness (QED) is 0.458. The van der Waals surface area contributed by atoms with Gasteiger partial charge in [0, 0.05) is 19.0 Å². The number of piperidine rings is 1. The van der Waals surface area contributed by atoms with Crippen LogP contribution in [0.5, 0.6) is 5.88 Å². The van der Waals surface area contributed by atoms with Gasteiger partial charge < -0.3 is 15.4 Å². The number of amides is 1. The molecule has 1 amide bonds. The highest BCUT2D eigenvalue weighted by Gasteiger charge is 2.48. The number of nitrogens with zero attached hydrogens (tertiary/aromatic N) is 3. The number of benzene rings is 1. The van der Waals surface area contributed by atoms with Crippen molar-refractivity contribution >= 4 is 21.8 Å². The monoisotopic (exact) mass is 557 g/mol. The second-order valence-corrected chi connectivity index (χ2v) is 13.5. The number of amidine groups is 1. The molecule has 39 heavy (non-hydrogen) atoms. The Bertz CT molecular complexity index is 1420. The van der Waals surface area contributed by atoms with Gasteiger partial charge >= 0.3 is 5.69 Å². The summed E-state index contributed by atoms with van der Waals surface area (Å²) >= 11 is 0. The smallest absolute Gasteiger partial charge is 0.333 e. The zero-order valence-corrected chi connectivity index (χ0v) is 23.6. The number of aromatic hydroxyl groups is 1. The molecule has 1 aromatic carbocycles. The average Bonchev–Trinajstić information content (AvgIpc) is 3.41. The number of imidazole rings is 1. The van der Waals surface area contributed by atoms with Gasteiger partial charge in [-0.3, -0.25) is 9.79 Å². The van der Waals surface area contributed by atoms with Crippen molar-refractivity contribution in [2.45, 2.75) is 77.2 Å². The molecule has 5 rings (SSSR count). The highest BCUT2D eigenvalue weighted by atomic mass is 32.2. The number of H-pyrrole nitrogens is 1. The summed E-state index contributed by atoms with van der Waals surface area (Å²) in [5, 5.41) is 13.0. The maximum absolute atomic E-state index is 13.2. The molecule has 2 atom stereocenters. The predicted molar refractivity (Wildman–Crippen MR) is 150 cm³/mol. The number of nitrogens with one attached hydrogen (secondary N) is 2. The summed E-state index contributed by atoms with van der Waals surface area (Å²) in [6.45, 7) is 4.63. The van der Waals surface area contributed by atoms with Crippen LogP contribution in [-0.4, -0.2) is 63.5 Å². The van der Waals surface area contributed by atoms with Crippen LogP contribution in [0.4, 0.5) is 0 Å². The van der Waals surface area contributed by atoms with Crippen LogP contribution in [0.2, 0.25) is 0 Å². The van der Waals surface area contributed by atoms with Crippen LogP contribution >= 0.6 is 0 Å². The van der Waals surface area contributed by atoms with E-state index in [9.17, 15) is 23.1 Å². The van der Waals surface area contributed by atoms with Gasteiger partial charge in [0.1, 0.15) is 11.4 Å². The van der Waals surface area contributed by atoms with Crippen molar-refractivity contribution in [3.63, 3.8) is 0 Å². The molecular formula is C28H39N5O5S. The van der Waals surface area contributed by atoms with Gasteiger partial charge in [-0.1, -0.05) is 38.7 Å². The molecule has 0 bridgehead atoms. The molecule has 3 N–H and O–H groups in total. The summed E-state index contributed by atoms with van der Waals surface area (Å²) in [7, 11) is -3.52. The number of sulfonamides is 1. The largest absolute Gasteiger partial charge is 0.493 e. The highest BCUT2D eigenvalue weighted by Crippen LogP contribution is 2.37. The maximum atomic E-state index is 13.2. The van der Waals surface area contributed by atoms with Gasteiger partial charge in [-0.25, -0.2) is 22.1 Å². The molecule has 2 aromatic rings. The molecule has 2 unspecified atom stereocenters. The fourth-order valence-electron chi connectivity index (χ4n) is 6.49. The lowest BCUT2D eigenvalue weighted by Gasteiger charge is -2.34. The number of carbonyl (C=O) groups excluding carboxylic acids is 1. The van der Waals surface area contributed by atoms with E-state index in [0.717, 1.165) is 34.4 Å². The molecule has 3 heterocycles. The summed E-state index contributed by atoms with van der Waals surface area (Å²) in [5.74, 6) is 1.51. The van der Waals surface area contributed by atoms with Gasteiger partial charge in [0.2, 0.25) is 15.9 Å². The lowest BCUT2D eigenvalue weighted by Crippen LogP contribution is -2.51. The molecule has 11 heteroatoms. The predicted octanol–water partition coefficient (Wildman–Crippen LogP) is 3.02. The zero-order valence-electron chi connectivity index (χ0n) is 22.8. The van der Waals surface area contributed by atoms with Crippen LogP contribution in [0, 0.1) is 18.8 Å². The van der Waals surface area contributed by atoms with Crippen LogP contribution in [0.3, 0.4) is 0 Å². The average molecular weight is 558 g/mol. The molecular weight excluding hydrogens is 518 g/mol. The first-order chi connectivity index (χ1) is 18.6. The Morgan fingerprint density at radius 1 is 1.18 bits per heavy atom. The van der Waals surface area contributed by atoms with E-state index in [0.29, 0.717) is 36.8 Å². The van der Waals surface area contributed by atoms with E-state index < -0.39 is 21.3 Å². The molecule has 212 valence electrons. The first kappa shape index (κ1) is 27.6. The minimum Gasteiger partial charge on any atom is -0.493 e. The molecule has 10 nitrogen and oxygen atoms in total. The number of aromatic nitrogens is 2. The number of hydrogen-bond acceptors (Lipinski definition) is 6. The van der Waals surface area contributed by atoms with Crippen molar-refractivity contribution in [3.8, 4) is 11.6 Å². The van der Waals surface area contributed by atoms with Crippen molar-refractivity contribution < 1.29 is 18.3 Å². The minimum absolute atomic E-state index is 0.0445. The Morgan fingerprint density at radius 2 is 1.95 bits per heavy atom. The number of aryl methyl sites for hydroxylation is 2. The van der Waals surface area contributed by atoms with Crippen molar-refractivity contribution in [2.24, 2.45) is 16.8 Å². The lowest BCUT2D eigenvalue weighted by atomic mass is 9.79. The van der Waals surface area contributed by atoms with Gasteiger partial charge in [-0.05, 0) is 68.2 Å². The summed E-state index contributed by atoms with van der Waals surface area (Å²) < 4.78 is 29.1. The fraction of sp³-hybridized carbons (Fsp3) is 0.607. The maximum Gasteiger partial charge on any atom is 0.333 e. The van der Waals surface area contributed by atoms with E-state index in [2.05, 4.69) is 17.2 Å². The Kier molecular flexibility index (Phi) is 7.74. The number of rotatable bonds is 8. The Balaban J connectivity index is 1.20. The topological polar surface area (TPSA) is 137 Å². The van der Waals surface area contributed by atoms with Gasteiger partial charge in [0.05, 0.1) is 17.6 Å². The highest BCUT2D eigenvalue weighted by molar-refractivity contribution is 7.89. The van der Waals surface area contributed by atoms with Crippen LogP contribution in [0.1, 0.15) is 69.4 Å². The zero-order chi connectivity index (χ0) is 27.8. The summed E-state index contributed by atoms with van der Waals surface area (Å²) in [6, 6.07) is 5.24. The first-order valence-electron chi connectivity index (χ1n) is 14.1. The summed E-state index contributed by atoms with van der Waals surface area (Å²) in [6.07, 6.45) is 9.29. The number of hydrogen-bond donors (Lipinski definition) is 3. The number of aromatic amines is 1.